The molecule has 3 rings (SSSR count). The Morgan fingerprint density at radius 1 is 1.18 bits per heavy atom. The molecule has 7 nitrogen and oxygen atoms in total. The quantitative estimate of drug-likeness (QED) is 0.889. The molecule has 0 aliphatic carbocycles. The summed E-state index contributed by atoms with van der Waals surface area (Å²) in [6, 6.07) is 5.84. The Morgan fingerprint density at radius 2 is 1.95 bits per heavy atom. The summed E-state index contributed by atoms with van der Waals surface area (Å²) in [5, 5.41) is 3.77. The van der Waals surface area contributed by atoms with Crippen LogP contribution in [0.15, 0.2) is 24.5 Å². The van der Waals surface area contributed by atoms with E-state index in [1.54, 1.807) is 0 Å². The number of nitrogen functional groups attached to an aromatic ring is 1. The van der Waals surface area contributed by atoms with Gasteiger partial charge < -0.3 is 20.9 Å². The van der Waals surface area contributed by atoms with Gasteiger partial charge in [0.25, 0.3) is 0 Å². The van der Waals surface area contributed by atoms with Gasteiger partial charge in [0.15, 0.2) is 0 Å². The molecule has 1 aromatic heterocycles. The van der Waals surface area contributed by atoms with E-state index in [2.05, 4.69) is 37.1 Å². The second-order valence-corrected chi connectivity index (χ2v) is 5.66. The molecule has 1 fully saturated rings. The van der Waals surface area contributed by atoms with E-state index in [9.17, 15) is 0 Å². The molecule has 0 spiro atoms. The number of benzene rings is 1. The third kappa shape index (κ3) is 3.37. The predicted molar refractivity (Wildman–Crippen MR) is 88.7 cm³/mol. The van der Waals surface area contributed by atoms with Crippen LogP contribution in [0.4, 0.5) is 23.3 Å². The molecule has 0 saturated carbocycles. The molecule has 3 N–H and O–H groups in total. The maximum Gasteiger partial charge on any atom is 0.231 e. The molecule has 22 heavy (non-hydrogen) atoms. The van der Waals surface area contributed by atoms with Crippen LogP contribution in [0, 0.1) is 0 Å². The minimum Gasteiger partial charge on any atom is -0.368 e. The van der Waals surface area contributed by atoms with E-state index in [0.717, 1.165) is 37.6 Å². The number of likely N-dealkylation sites (N-methyl/N-ethyl adjacent to an activating group) is 1. The number of halogens is 1. The van der Waals surface area contributed by atoms with Crippen LogP contribution in [-0.4, -0.2) is 53.1 Å². The van der Waals surface area contributed by atoms with Crippen LogP contribution < -0.4 is 16.0 Å². The van der Waals surface area contributed by atoms with Crippen molar-refractivity contribution in [3.63, 3.8) is 0 Å². The fraction of sp³-hybridized carbons (Fsp3) is 0.357. The molecule has 0 radical (unpaired) electrons. The van der Waals surface area contributed by atoms with E-state index in [1.807, 2.05) is 18.2 Å². The number of nitrogens with one attached hydrogen (secondary N) is 1. The Hall–Kier alpha value is -2.12. The number of hydrogen-bond donors (Lipinski definition) is 2. The van der Waals surface area contributed by atoms with Crippen molar-refractivity contribution in [3.8, 4) is 0 Å². The maximum atomic E-state index is 6.42. The third-order valence-corrected chi connectivity index (χ3v) is 3.94. The van der Waals surface area contributed by atoms with Gasteiger partial charge >= 0.3 is 0 Å². The van der Waals surface area contributed by atoms with E-state index in [4.69, 9.17) is 17.3 Å². The number of aromatic nitrogens is 3. The van der Waals surface area contributed by atoms with E-state index < -0.39 is 0 Å². The fourth-order valence-electron chi connectivity index (χ4n) is 2.39. The first-order valence-corrected chi connectivity index (χ1v) is 7.44. The minimum absolute atomic E-state index is 0.178. The van der Waals surface area contributed by atoms with Gasteiger partial charge in [0.05, 0.1) is 10.7 Å². The lowest BCUT2D eigenvalue weighted by molar-refractivity contribution is 0.313. The highest BCUT2D eigenvalue weighted by Crippen LogP contribution is 2.30. The normalized spacial score (nSPS) is 15.8. The van der Waals surface area contributed by atoms with Crippen molar-refractivity contribution in [3.05, 3.63) is 29.5 Å². The van der Waals surface area contributed by atoms with Crippen LogP contribution in [0.5, 0.6) is 0 Å². The second kappa shape index (κ2) is 6.33. The van der Waals surface area contributed by atoms with E-state index in [0.29, 0.717) is 11.0 Å². The summed E-state index contributed by atoms with van der Waals surface area (Å²) in [6.45, 7) is 4.04. The van der Waals surface area contributed by atoms with Gasteiger partial charge in [0.1, 0.15) is 6.33 Å². The summed E-state index contributed by atoms with van der Waals surface area (Å²) in [5.74, 6) is 0.577. The number of piperazine rings is 1. The Labute approximate surface area is 134 Å². The lowest BCUT2D eigenvalue weighted by atomic mass is 10.2. The van der Waals surface area contributed by atoms with Gasteiger partial charge in [-0.25, -0.2) is 9.97 Å². The first-order valence-electron chi connectivity index (χ1n) is 7.06. The summed E-state index contributed by atoms with van der Waals surface area (Å²) >= 11 is 6.42. The zero-order chi connectivity index (χ0) is 15.5. The smallest absolute Gasteiger partial charge is 0.231 e. The van der Waals surface area contributed by atoms with E-state index >= 15 is 0 Å². The molecule has 2 aromatic rings. The molecule has 2 heterocycles. The lowest BCUT2D eigenvalue weighted by Crippen LogP contribution is -2.44. The third-order valence-electron chi connectivity index (χ3n) is 3.64. The standard InChI is InChI=1S/C14H18ClN7/c1-21-4-6-22(7-5-21)12-3-2-10(8-11(12)15)19-14-18-9-17-13(16)20-14/h2-3,8-9H,4-7H2,1H3,(H3,16,17,18,19,20). The number of nitrogens with zero attached hydrogens (tertiary/aromatic N) is 5. The molecular weight excluding hydrogens is 302 g/mol. The average molecular weight is 320 g/mol. The van der Waals surface area contributed by atoms with Gasteiger partial charge in [0, 0.05) is 31.9 Å². The minimum atomic E-state index is 0.178. The molecule has 8 heteroatoms. The largest absolute Gasteiger partial charge is 0.368 e. The first kappa shape index (κ1) is 14.8. The van der Waals surface area contributed by atoms with Gasteiger partial charge in [-0.15, -0.1) is 0 Å². The number of nitrogens with two attached hydrogens (primary N) is 1. The van der Waals surface area contributed by atoms with E-state index in [1.165, 1.54) is 6.33 Å². The zero-order valence-electron chi connectivity index (χ0n) is 12.3. The van der Waals surface area contributed by atoms with Crippen molar-refractivity contribution in [1.29, 1.82) is 0 Å². The van der Waals surface area contributed by atoms with Crippen LogP contribution in [0.1, 0.15) is 0 Å². The van der Waals surface area contributed by atoms with Gasteiger partial charge in [-0.2, -0.15) is 4.98 Å². The van der Waals surface area contributed by atoms with Crippen LogP contribution in [-0.2, 0) is 0 Å². The van der Waals surface area contributed by atoms with Gasteiger partial charge in [-0.05, 0) is 25.2 Å². The van der Waals surface area contributed by atoms with Crippen LogP contribution in [0.25, 0.3) is 0 Å². The van der Waals surface area contributed by atoms with Crippen LogP contribution >= 0.6 is 11.6 Å². The lowest BCUT2D eigenvalue weighted by Gasteiger charge is -2.34. The Bertz CT molecular complexity index is 655. The molecule has 0 unspecified atom stereocenters. The summed E-state index contributed by atoms with van der Waals surface area (Å²) in [6.07, 6.45) is 1.37. The van der Waals surface area contributed by atoms with Crippen molar-refractivity contribution in [2.75, 3.05) is 49.2 Å². The summed E-state index contributed by atoms with van der Waals surface area (Å²) in [4.78, 5) is 16.4. The highest BCUT2D eigenvalue weighted by atomic mass is 35.5. The zero-order valence-corrected chi connectivity index (χ0v) is 13.1. The molecule has 1 aliphatic heterocycles. The fourth-order valence-corrected chi connectivity index (χ4v) is 2.69. The monoisotopic (exact) mass is 319 g/mol. The van der Waals surface area contributed by atoms with Gasteiger partial charge in [-0.1, -0.05) is 11.6 Å². The molecular formula is C14H18ClN7. The van der Waals surface area contributed by atoms with Crippen molar-refractivity contribution >= 4 is 34.9 Å². The first-order chi connectivity index (χ1) is 10.6. The topological polar surface area (TPSA) is 83.2 Å². The molecule has 1 aromatic carbocycles. The summed E-state index contributed by atoms with van der Waals surface area (Å²) in [5.41, 5.74) is 7.40. The molecule has 0 amide bonds. The Morgan fingerprint density at radius 3 is 2.64 bits per heavy atom. The van der Waals surface area contributed by atoms with Crippen molar-refractivity contribution < 1.29 is 0 Å². The molecule has 0 bridgehead atoms. The Kier molecular flexibility index (Phi) is 4.26. The molecule has 1 aliphatic rings. The van der Waals surface area contributed by atoms with Crippen molar-refractivity contribution in [1.82, 2.24) is 19.9 Å². The van der Waals surface area contributed by atoms with Gasteiger partial charge in [0.2, 0.25) is 11.9 Å². The average Bonchev–Trinajstić information content (AvgIpc) is 2.49. The maximum absolute atomic E-state index is 6.42. The van der Waals surface area contributed by atoms with Crippen molar-refractivity contribution in [2.45, 2.75) is 0 Å². The Balaban J connectivity index is 1.74. The summed E-state index contributed by atoms with van der Waals surface area (Å²) in [7, 11) is 2.13. The molecule has 116 valence electrons. The second-order valence-electron chi connectivity index (χ2n) is 5.25. The SMILES string of the molecule is CN1CCN(c2ccc(Nc3ncnc(N)n3)cc2Cl)CC1. The van der Waals surface area contributed by atoms with Gasteiger partial charge in [-0.3, -0.25) is 0 Å². The number of rotatable bonds is 3. The van der Waals surface area contributed by atoms with Crippen molar-refractivity contribution in [2.24, 2.45) is 0 Å². The molecule has 1 saturated heterocycles. The van der Waals surface area contributed by atoms with Crippen LogP contribution in [0.2, 0.25) is 5.02 Å². The predicted octanol–water partition coefficient (Wildman–Crippen LogP) is 1.60. The molecule has 0 atom stereocenters. The highest BCUT2D eigenvalue weighted by molar-refractivity contribution is 6.33. The highest BCUT2D eigenvalue weighted by Gasteiger charge is 2.16. The van der Waals surface area contributed by atoms with E-state index in [-0.39, 0.29) is 5.95 Å². The van der Waals surface area contributed by atoms with Crippen LogP contribution in [0.3, 0.4) is 0 Å². The number of hydrogen-bond acceptors (Lipinski definition) is 7. The number of anilines is 4. The summed E-state index contributed by atoms with van der Waals surface area (Å²) < 4.78 is 0.